The van der Waals surface area contributed by atoms with Gasteiger partial charge in [-0.25, -0.2) is 0 Å². The number of hydrogen-bond donors (Lipinski definition) is 1. The summed E-state index contributed by atoms with van der Waals surface area (Å²) in [5, 5.41) is 8.74. The van der Waals surface area contributed by atoms with E-state index in [0.29, 0.717) is 0 Å². The van der Waals surface area contributed by atoms with Gasteiger partial charge in [-0.15, -0.1) is 0 Å². The number of rotatable bonds is 3. The molecule has 0 radical (unpaired) electrons. The summed E-state index contributed by atoms with van der Waals surface area (Å²) in [7, 11) is 0. The average Bonchev–Trinajstić information content (AvgIpc) is 2.75. The Hall–Kier alpha value is -3.58. The summed E-state index contributed by atoms with van der Waals surface area (Å²) in [5.41, 5.74) is 4.66. The molecule has 0 saturated heterocycles. The standard InChI is InChI=1S/C26H19N/c1-2-9-19(10-3-1)22-13-6-7-15-25(22)27-26-16-8-14-23-21-12-5-4-11-20(21)17-18-24(23)26/h1-18,27H. The minimum atomic E-state index is 1.12. The van der Waals surface area contributed by atoms with Crippen molar-refractivity contribution in [1.82, 2.24) is 0 Å². The molecule has 5 rings (SSSR count). The third kappa shape index (κ3) is 2.84. The Bertz CT molecular complexity index is 1240. The lowest BCUT2D eigenvalue weighted by Gasteiger charge is -2.15. The zero-order valence-corrected chi connectivity index (χ0v) is 14.9. The first-order chi connectivity index (χ1) is 13.4. The van der Waals surface area contributed by atoms with Crippen LogP contribution in [-0.2, 0) is 0 Å². The van der Waals surface area contributed by atoms with E-state index in [-0.39, 0.29) is 0 Å². The van der Waals surface area contributed by atoms with E-state index in [9.17, 15) is 0 Å². The maximum atomic E-state index is 3.68. The third-order valence-corrected chi connectivity index (χ3v) is 5.07. The summed E-state index contributed by atoms with van der Waals surface area (Å²) in [4.78, 5) is 0. The summed E-state index contributed by atoms with van der Waals surface area (Å²) in [6.07, 6.45) is 0. The molecule has 0 heterocycles. The first-order valence-corrected chi connectivity index (χ1v) is 9.22. The van der Waals surface area contributed by atoms with Crippen molar-refractivity contribution in [2.24, 2.45) is 0 Å². The predicted molar refractivity (Wildman–Crippen MR) is 117 cm³/mol. The molecule has 0 aromatic heterocycles. The monoisotopic (exact) mass is 345 g/mol. The topological polar surface area (TPSA) is 12.0 Å². The van der Waals surface area contributed by atoms with E-state index in [1.807, 2.05) is 0 Å². The second-order valence-corrected chi connectivity index (χ2v) is 6.72. The molecule has 1 heteroatoms. The summed E-state index contributed by atoms with van der Waals surface area (Å²) in [6.45, 7) is 0. The Morgan fingerprint density at radius 2 is 1.11 bits per heavy atom. The Morgan fingerprint density at radius 3 is 2.04 bits per heavy atom. The van der Waals surface area contributed by atoms with E-state index in [0.717, 1.165) is 11.4 Å². The highest BCUT2D eigenvalue weighted by Gasteiger charge is 2.08. The highest BCUT2D eigenvalue weighted by molar-refractivity contribution is 6.11. The van der Waals surface area contributed by atoms with E-state index in [1.54, 1.807) is 0 Å². The van der Waals surface area contributed by atoms with Crippen LogP contribution in [0.5, 0.6) is 0 Å². The number of fused-ring (bicyclic) bond motifs is 3. The van der Waals surface area contributed by atoms with Crippen LogP contribution in [0.2, 0.25) is 0 Å². The maximum Gasteiger partial charge on any atom is 0.0464 e. The second kappa shape index (κ2) is 6.62. The zero-order chi connectivity index (χ0) is 18.1. The molecule has 5 aromatic carbocycles. The highest BCUT2D eigenvalue weighted by Crippen LogP contribution is 2.35. The molecular formula is C26H19N. The number of nitrogens with one attached hydrogen (secondary N) is 1. The van der Waals surface area contributed by atoms with Gasteiger partial charge >= 0.3 is 0 Å². The van der Waals surface area contributed by atoms with Crippen molar-refractivity contribution < 1.29 is 0 Å². The van der Waals surface area contributed by atoms with Crippen molar-refractivity contribution in [2.45, 2.75) is 0 Å². The average molecular weight is 345 g/mol. The molecule has 0 saturated carbocycles. The van der Waals surface area contributed by atoms with Crippen LogP contribution in [0.25, 0.3) is 32.7 Å². The second-order valence-electron chi connectivity index (χ2n) is 6.72. The van der Waals surface area contributed by atoms with Gasteiger partial charge in [0.2, 0.25) is 0 Å². The summed E-state index contributed by atoms with van der Waals surface area (Å²) in [6, 6.07) is 38.4. The molecule has 0 aliphatic heterocycles. The summed E-state index contributed by atoms with van der Waals surface area (Å²) in [5.74, 6) is 0. The normalized spacial score (nSPS) is 11.0. The Morgan fingerprint density at radius 1 is 0.407 bits per heavy atom. The smallest absolute Gasteiger partial charge is 0.0464 e. The predicted octanol–water partition coefficient (Wildman–Crippen LogP) is 7.40. The Labute approximate surface area is 158 Å². The fourth-order valence-corrected chi connectivity index (χ4v) is 3.76. The van der Waals surface area contributed by atoms with E-state index in [4.69, 9.17) is 0 Å². The first kappa shape index (κ1) is 15.7. The van der Waals surface area contributed by atoms with Crippen LogP contribution in [-0.4, -0.2) is 0 Å². The molecule has 128 valence electrons. The van der Waals surface area contributed by atoms with Crippen molar-refractivity contribution in [2.75, 3.05) is 5.32 Å². The van der Waals surface area contributed by atoms with Crippen molar-refractivity contribution in [3.05, 3.63) is 109 Å². The Kier molecular flexibility index (Phi) is 3.84. The number of anilines is 2. The molecule has 27 heavy (non-hydrogen) atoms. The molecule has 1 N–H and O–H groups in total. The van der Waals surface area contributed by atoms with Gasteiger partial charge in [0.25, 0.3) is 0 Å². The third-order valence-electron chi connectivity index (χ3n) is 5.07. The molecule has 0 bridgehead atoms. The van der Waals surface area contributed by atoms with Gasteiger partial charge in [0.05, 0.1) is 0 Å². The lowest BCUT2D eigenvalue weighted by molar-refractivity contribution is 1.55. The van der Waals surface area contributed by atoms with Gasteiger partial charge in [-0.1, -0.05) is 97.1 Å². The Balaban J connectivity index is 1.65. The first-order valence-electron chi connectivity index (χ1n) is 9.22. The van der Waals surface area contributed by atoms with Crippen LogP contribution in [0.1, 0.15) is 0 Å². The van der Waals surface area contributed by atoms with E-state index in [1.165, 1.54) is 32.7 Å². The van der Waals surface area contributed by atoms with Gasteiger partial charge in [0.1, 0.15) is 0 Å². The minimum absolute atomic E-state index is 1.12. The zero-order valence-electron chi connectivity index (χ0n) is 14.9. The molecule has 0 atom stereocenters. The lowest BCUT2D eigenvalue weighted by atomic mass is 10.00. The fourth-order valence-electron chi connectivity index (χ4n) is 3.76. The van der Waals surface area contributed by atoms with E-state index in [2.05, 4.69) is 115 Å². The lowest BCUT2D eigenvalue weighted by Crippen LogP contribution is -1.94. The molecule has 0 aliphatic carbocycles. The maximum absolute atomic E-state index is 3.68. The molecule has 0 fully saturated rings. The van der Waals surface area contributed by atoms with Crippen molar-refractivity contribution >= 4 is 32.9 Å². The van der Waals surface area contributed by atoms with Crippen molar-refractivity contribution in [1.29, 1.82) is 0 Å². The van der Waals surface area contributed by atoms with Crippen molar-refractivity contribution in [3.63, 3.8) is 0 Å². The highest BCUT2D eigenvalue weighted by atomic mass is 14.9. The van der Waals surface area contributed by atoms with Crippen LogP contribution in [0.4, 0.5) is 11.4 Å². The van der Waals surface area contributed by atoms with E-state index >= 15 is 0 Å². The van der Waals surface area contributed by atoms with Gasteiger partial charge in [-0.05, 0) is 33.9 Å². The van der Waals surface area contributed by atoms with Crippen LogP contribution in [0, 0.1) is 0 Å². The molecule has 5 aromatic rings. The molecule has 0 spiro atoms. The van der Waals surface area contributed by atoms with Gasteiger partial charge in [0, 0.05) is 22.3 Å². The van der Waals surface area contributed by atoms with Crippen molar-refractivity contribution in [3.8, 4) is 11.1 Å². The van der Waals surface area contributed by atoms with Crippen LogP contribution < -0.4 is 5.32 Å². The molecule has 0 unspecified atom stereocenters. The van der Waals surface area contributed by atoms with Crippen LogP contribution in [0.3, 0.4) is 0 Å². The summed E-state index contributed by atoms with van der Waals surface area (Å²) >= 11 is 0. The molecule has 0 amide bonds. The minimum Gasteiger partial charge on any atom is -0.355 e. The van der Waals surface area contributed by atoms with Gasteiger partial charge < -0.3 is 5.32 Å². The fraction of sp³-hybridized carbons (Fsp3) is 0. The summed E-state index contributed by atoms with van der Waals surface area (Å²) < 4.78 is 0. The number of para-hydroxylation sites is 1. The molecular weight excluding hydrogens is 326 g/mol. The number of hydrogen-bond acceptors (Lipinski definition) is 1. The van der Waals surface area contributed by atoms with E-state index < -0.39 is 0 Å². The largest absolute Gasteiger partial charge is 0.355 e. The number of benzene rings is 5. The van der Waals surface area contributed by atoms with Crippen LogP contribution in [0.15, 0.2) is 109 Å². The quantitative estimate of drug-likeness (QED) is 0.336. The molecule has 1 nitrogen and oxygen atoms in total. The van der Waals surface area contributed by atoms with Gasteiger partial charge in [0.15, 0.2) is 0 Å². The van der Waals surface area contributed by atoms with Gasteiger partial charge in [-0.2, -0.15) is 0 Å². The van der Waals surface area contributed by atoms with Crippen LogP contribution >= 0.6 is 0 Å². The SMILES string of the molecule is c1ccc(-c2ccccc2Nc2cccc3c2ccc2ccccc23)cc1. The van der Waals surface area contributed by atoms with Gasteiger partial charge in [-0.3, -0.25) is 0 Å². The molecule has 0 aliphatic rings.